The molecule has 2 aliphatic heterocycles. The van der Waals surface area contributed by atoms with Crippen molar-refractivity contribution in [3.63, 3.8) is 0 Å². The third-order valence-corrected chi connectivity index (χ3v) is 2.34. The van der Waals surface area contributed by atoms with Crippen LogP contribution in [0.3, 0.4) is 0 Å². The van der Waals surface area contributed by atoms with E-state index in [1.54, 1.807) is 12.5 Å². The fraction of sp³-hybridized carbons (Fsp3) is 0.545. The Kier molecular flexibility index (Phi) is 6.16. The molecular weight excluding hydrogens is 320 g/mol. The Morgan fingerprint density at radius 1 is 0.818 bits per heavy atom. The normalized spacial score (nSPS) is 17.8. The minimum Gasteiger partial charge on any atom is -0.293 e. The minimum absolute atomic E-state index is 0.0618. The Morgan fingerprint density at radius 2 is 1.05 bits per heavy atom. The van der Waals surface area contributed by atoms with Crippen LogP contribution in [0.4, 0.5) is 4.79 Å². The van der Waals surface area contributed by atoms with Crippen molar-refractivity contribution in [2.75, 3.05) is 12.5 Å². The Labute approximate surface area is 127 Å². The van der Waals surface area contributed by atoms with E-state index in [0.717, 1.165) is 0 Å². The lowest BCUT2D eigenvalue weighted by Crippen LogP contribution is -2.37. The Hall–Kier alpha value is -2.30. The molecule has 0 spiro atoms. The van der Waals surface area contributed by atoms with Gasteiger partial charge in [0.25, 0.3) is 23.6 Å². The van der Waals surface area contributed by atoms with Crippen molar-refractivity contribution < 1.29 is 37.9 Å². The van der Waals surface area contributed by atoms with Gasteiger partial charge in [0, 0.05) is 49.0 Å². The summed E-state index contributed by atoms with van der Waals surface area (Å²) in [6.45, 7) is 0. The summed E-state index contributed by atoms with van der Waals surface area (Å²) in [5, 5.41) is 0.515. The molecule has 0 aromatic heterocycles. The fourth-order valence-corrected chi connectivity index (χ4v) is 1.48. The average Bonchev–Trinajstić information content (AvgIpc) is 2.88. The first-order chi connectivity index (χ1) is 10.2. The van der Waals surface area contributed by atoms with Gasteiger partial charge in [-0.3, -0.25) is 33.1 Å². The number of hydrogen-bond donors (Lipinski definition) is 0. The second-order valence-electron chi connectivity index (χ2n) is 4.34. The monoisotopic (exact) mass is 334 g/mol. The van der Waals surface area contributed by atoms with Gasteiger partial charge in [-0.25, -0.2) is 0 Å². The summed E-state index contributed by atoms with van der Waals surface area (Å²) in [4.78, 5) is 64.3. The molecule has 2 aliphatic rings. The first-order valence-electron chi connectivity index (χ1n) is 6.09. The summed E-state index contributed by atoms with van der Waals surface area (Å²) in [6.07, 6.45) is 1.55. The third kappa shape index (κ3) is 4.91. The lowest BCUT2D eigenvalue weighted by atomic mass is 10.4. The molecule has 0 atom stereocenters. The van der Waals surface area contributed by atoms with Gasteiger partial charge < -0.3 is 0 Å². The summed E-state index contributed by atoms with van der Waals surface area (Å²) in [5.41, 5.74) is 0. The van der Waals surface area contributed by atoms with Gasteiger partial charge in [0.15, 0.2) is 0 Å². The third-order valence-electron chi connectivity index (χ3n) is 2.34. The Morgan fingerprint density at radius 3 is 1.27 bits per heavy atom. The zero-order valence-electron chi connectivity index (χ0n) is 11.9. The van der Waals surface area contributed by atoms with E-state index < -0.39 is 40.6 Å². The van der Waals surface area contributed by atoms with Crippen LogP contribution in [0.5, 0.6) is 0 Å². The number of imide groups is 2. The van der Waals surface area contributed by atoms with Crippen LogP contribution in [-0.4, -0.2) is 56.6 Å². The van der Waals surface area contributed by atoms with Gasteiger partial charge in [0.2, 0.25) is 0 Å². The van der Waals surface area contributed by atoms with Gasteiger partial charge >= 0.3 is 6.16 Å². The molecule has 2 saturated heterocycles. The second kappa shape index (κ2) is 7.64. The van der Waals surface area contributed by atoms with Crippen LogP contribution < -0.4 is 0 Å². The van der Waals surface area contributed by atoms with Crippen molar-refractivity contribution in [2.24, 2.45) is 0 Å². The average molecular weight is 334 g/mol. The van der Waals surface area contributed by atoms with Crippen LogP contribution in [0.2, 0.25) is 0 Å². The first kappa shape index (κ1) is 17.8. The highest BCUT2D eigenvalue weighted by Gasteiger charge is 2.37. The van der Waals surface area contributed by atoms with Gasteiger partial charge in [-0.2, -0.15) is 4.79 Å². The van der Waals surface area contributed by atoms with Crippen LogP contribution in [0.1, 0.15) is 25.7 Å². The quantitative estimate of drug-likeness (QED) is 0.604. The predicted octanol–water partition coefficient (Wildman–Crippen LogP) is -0.738. The topological polar surface area (TPSA) is 127 Å². The van der Waals surface area contributed by atoms with Crippen molar-refractivity contribution in [2.45, 2.75) is 25.7 Å². The lowest BCUT2D eigenvalue weighted by Gasteiger charge is -2.15. The standard InChI is InChI=1S/C9H8N2O7.C2H6OS/c12-5-1-2-6(13)10(5)17-9(16)18-11-7(14)3-4-8(11)15;1-4(2)3/h1-4H2;1-2H3. The number of rotatable bonds is 2. The van der Waals surface area contributed by atoms with Crippen LogP contribution in [0.25, 0.3) is 0 Å². The summed E-state index contributed by atoms with van der Waals surface area (Å²) in [6, 6.07) is 0. The van der Waals surface area contributed by atoms with Gasteiger partial charge in [0.05, 0.1) is 0 Å². The van der Waals surface area contributed by atoms with Crippen LogP contribution >= 0.6 is 0 Å². The highest BCUT2D eigenvalue weighted by atomic mass is 32.2. The second-order valence-corrected chi connectivity index (χ2v) is 5.82. The van der Waals surface area contributed by atoms with E-state index in [4.69, 9.17) is 0 Å². The van der Waals surface area contributed by atoms with E-state index in [-0.39, 0.29) is 35.8 Å². The van der Waals surface area contributed by atoms with Crippen LogP contribution in [0.15, 0.2) is 0 Å². The molecule has 122 valence electrons. The number of carbonyl (C=O) groups is 5. The predicted molar refractivity (Wildman–Crippen MR) is 69.7 cm³/mol. The molecule has 0 aromatic rings. The molecule has 11 heteroatoms. The van der Waals surface area contributed by atoms with Gasteiger partial charge in [-0.05, 0) is 0 Å². The zero-order valence-corrected chi connectivity index (χ0v) is 12.7. The molecule has 0 saturated carbocycles. The van der Waals surface area contributed by atoms with Crippen molar-refractivity contribution in [3.05, 3.63) is 0 Å². The summed E-state index contributed by atoms with van der Waals surface area (Å²) in [7, 11) is -0.611. The fourth-order valence-electron chi connectivity index (χ4n) is 1.48. The highest BCUT2D eigenvalue weighted by molar-refractivity contribution is 7.83. The van der Waals surface area contributed by atoms with Crippen molar-refractivity contribution in [3.8, 4) is 0 Å². The largest absolute Gasteiger partial charge is 0.560 e. The van der Waals surface area contributed by atoms with E-state index in [1.807, 2.05) is 0 Å². The number of hydroxylamine groups is 4. The Bertz CT molecular complexity index is 470. The molecule has 0 aliphatic carbocycles. The molecular formula is C11H14N2O8S. The van der Waals surface area contributed by atoms with E-state index in [0.29, 0.717) is 0 Å². The van der Waals surface area contributed by atoms with E-state index in [1.165, 1.54) is 0 Å². The van der Waals surface area contributed by atoms with Crippen molar-refractivity contribution in [1.82, 2.24) is 10.1 Å². The van der Waals surface area contributed by atoms with E-state index >= 15 is 0 Å². The van der Waals surface area contributed by atoms with Crippen molar-refractivity contribution in [1.29, 1.82) is 0 Å². The molecule has 0 radical (unpaired) electrons. The van der Waals surface area contributed by atoms with Gasteiger partial charge in [0.1, 0.15) is 0 Å². The SMILES string of the molecule is CS(C)=O.O=C(ON1C(=O)CCC1=O)ON1C(=O)CCC1=O. The molecule has 0 N–H and O–H groups in total. The molecule has 10 nitrogen and oxygen atoms in total. The maximum atomic E-state index is 11.2. The van der Waals surface area contributed by atoms with Gasteiger partial charge in [-0.1, -0.05) is 10.1 Å². The van der Waals surface area contributed by atoms with Crippen molar-refractivity contribution >= 4 is 40.6 Å². The molecule has 0 aromatic carbocycles. The smallest absolute Gasteiger partial charge is 0.293 e. The number of hydrogen-bond acceptors (Lipinski definition) is 8. The molecule has 22 heavy (non-hydrogen) atoms. The molecule has 0 bridgehead atoms. The molecule has 4 amide bonds. The highest BCUT2D eigenvalue weighted by Crippen LogP contribution is 2.15. The maximum Gasteiger partial charge on any atom is 0.560 e. The van der Waals surface area contributed by atoms with E-state index in [9.17, 15) is 28.2 Å². The van der Waals surface area contributed by atoms with E-state index in [2.05, 4.69) is 9.68 Å². The van der Waals surface area contributed by atoms with Crippen LogP contribution in [0, 0.1) is 0 Å². The molecule has 2 rings (SSSR count). The Balaban J connectivity index is 0.000000541. The number of amides is 4. The lowest BCUT2D eigenvalue weighted by molar-refractivity contribution is -0.198. The minimum atomic E-state index is -1.48. The summed E-state index contributed by atoms with van der Waals surface area (Å²) in [5.74, 6) is -2.74. The summed E-state index contributed by atoms with van der Waals surface area (Å²) >= 11 is 0. The van der Waals surface area contributed by atoms with Gasteiger partial charge in [-0.15, -0.1) is 0 Å². The maximum absolute atomic E-state index is 11.2. The van der Waals surface area contributed by atoms with Crippen LogP contribution in [-0.2, 0) is 39.7 Å². The first-order valence-corrected chi connectivity index (χ1v) is 8.05. The zero-order chi connectivity index (χ0) is 16.9. The molecule has 2 heterocycles. The molecule has 2 fully saturated rings. The number of carbonyl (C=O) groups excluding carboxylic acids is 5. The molecule has 0 unspecified atom stereocenters. The number of nitrogens with zero attached hydrogens (tertiary/aromatic N) is 2. The summed E-state index contributed by atoms with van der Waals surface area (Å²) < 4.78 is 9.56.